The van der Waals surface area contributed by atoms with E-state index in [2.05, 4.69) is 10.2 Å². The number of halogens is 1. The van der Waals surface area contributed by atoms with Gasteiger partial charge in [-0.1, -0.05) is 18.2 Å². The normalized spacial score (nSPS) is 24.1. The van der Waals surface area contributed by atoms with Gasteiger partial charge < -0.3 is 21.1 Å². The molecule has 2 aliphatic heterocycles. The predicted molar refractivity (Wildman–Crippen MR) is 98.1 cm³/mol. The molecule has 0 aliphatic carbocycles. The lowest BCUT2D eigenvalue weighted by molar-refractivity contribution is -0.119. The summed E-state index contributed by atoms with van der Waals surface area (Å²) in [6, 6.07) is 6.63. The summed E-state index contributed by atoms with van der Waals surface area (Å²) in [6.45, 7) is 2.69. The topological polar surface area (TPSA) is 98.9 Å². The molecule has 0 aromatic heterocycles. The highest BCUT2D eigenvalue weighted by molar-refractivity contribution is 5.76. The van der Waals surface area contributed by atoms with Crippen molar-refractivity contribution in [3.8, 4) is 0 Å². The first-order chi connectivity index (χ1) is 12.9. The second-order valence-electron chi connectivity index (χ2n) is 7.49. The van der Waals surface area contributed by atoms with Crippen LogP contribution in [0.5, 0.6) is 0 Å². The first-order valence-corrected chi connectivity index (χ1v) is 9.40. The number of aliphatic hydroxyl groups excluding tert-OH is 1. The highest BCUT2D eigenvalue weighted by Crippen LogP contribution is 2.21. The van der Waals surface area contributed by atoms with Gasteiger partial charge in [-0.3, -0.25) is 9.69 Å². The van der Waals surface area contributed by atoms with Crippen LogP contribution in [0.25, 0.3) is 0 Å². The van der Waals surface area contributed by atoms with Crippen molar-refractivity contribution in [1.82, 2.24) is 15.1 Å². The van der Waals surface area contributed by atoms with E-state index in [0.717, 1.165) is 25.9 Å². The van der Waals surface area contributed by atoms with Gasteiger partial charge >= 0.3 is 6.03 Å². The van der Waals surface area contributed by atoms with Crippen LogP contribution < -0.4 is 11.1 Å². The van der Waals surface area contributed by atoms with Gasteiger partial charge in [0.05, 0.1) is 6.10 Å². The van der Waals surface area contributed by atoms with Crippen LogP contribution in [0, 0.1) is 11.7 Å². The molecule has 7 nitrogen and oxygen atoms in total. The van der Waals surface area contributed by atoms with Crippen molar-refractivity contribution >= 4 is 11.9 Å². The molecule has 0 spiro atoms. The molecule has 0 radical (unpaired) electrons. The zero-order valence-corrected chi connectivity index (χ0v) is 15.3. The van der Waals surface area contributed by atoms with E-state index in [9.17, 15) is 19.1 Å². The zero-order valence-electron chi connectivity index (χ0n) is 15.3. The summed E-state index contributed by atoms with van der Waals surface area (Å²) >= 11 is 0. The fourth-order valence-electron chi connectivity index (χ4n) is 3.85. The van der Waals surface area contributed by atoms with Crippen LogP contribution in [-0.4, -0.2) is 65.2 Å². The number of hydrogen-bond acceptors (Lipinski definition) is 4. The number of primary amides is 1. The lowest BCUT2D eigenvalue weighted by atomic mass is 10.0. The number of benzene rings is 1. The molecule has 2 heterocycles. The van der Waals surface area contributed by atoms with Crippen LogP contribution in [-0.2, 0) is 11.3 Å². The van der Waals surface area contributed by atoms with Gasteiger partial charge in [-0.25, -0.2) is 9.18 Å². The molecule has 148 valence electrons. The van der Waals surface area contributed by atoms with Crippen molar-refractivity contribution in [1.29, 1.82) is 0 Å². The standard InChI is InChI=1S/C19H27FN4O3/c20-16-4-2-1-3-13(16)10-23-7-5-15(6-8-23)22-19(27)24-11-14(9-18(21)26)17(25)12-24/h1-4,14-15,17,25H,5-12H2,(H2,21,26)(H,22,27)/t14-,17-/m1/s1. The molecular formula is C19H27FN4O3. The Hall–Kier alpha value is -2.19. The number of amides is 3. The zero-order chi connectivity index (χ0) is 19.4. The van der Waals surface area contributed by atoms with Crippen LogP contribution >= 0.6 is 0 Å². The lowest BCUT2D eigenvalue weighted by Gasteiger charge is -2.33. The van der Waals surface area contributed by atoms with Gasteiger partial charge in [-0.2, -0.15) is 0 Å². The predicted octanol–water partition coefficient (Wildman–Crippen LogP) is 0.668. The molecule has 27 heavy (non-hydrogen) atoms. The third kappa shape index (κ3) is 5.17. The molecule has 2 fully saturated rings. The van der Waals surface area contributed by atoms with Crippen LogP contribution in [0.1, 0.15) is 24.8 Å². The van der Waals surface area contributed by atoms with Crippen LogP contribution in [0.4, 0.5) is 9.18 Å². The number of rotatable bonds is 5. The molecule has 3 amide bonds. The molecule has 2 aliphatic rings. The SMILES string of the molecule is NC(=O)C[C@@H]1CN(C(=O)NC2CCN(Cc3ccccc3F)CC2)C[C@H]1O. The van der Waals surface area contributed by atoms with E-state index in [1.807, 2.05) is 6.07 Å². The molecule has 2 atom stereocenters. The number of likely N-dealkylation sites (tertiary alicyclic amines) is 2. The van der Waals surface area contributed by atoms with Crippen molar-refractivity contribution in [2.75, 3.05) is 26.2 Å². The van der Waals surface area contributed by atoms with Crippen LogP contribution in [0.15, 0.2) is 24.3 Å². The molecule has 2 saturated heterocycles. The van der Waals surface area contributed by atoms with Crippen molar-refractivity contribution in [3.63, 3.8) is 0 Å². The third-order valence-electron chi connectivity index (χ3n) is 5.42. The molecule has 0 unspecified atom stereocenters. The highest BCUT2D eigenvalue weighted by Gasteiger charge is 2.35. The summed E-state index contributed by atoms with van der Waals surface area (Å²) in [5, 5.41) is 13.0. The Balaban J connectivity index is 1.43. The van der Waals surface area contributed by atoms with Gasteiger partial charge in [0.25, 0.3) is 0 Å². The number of aliphatic hydroxyl groups is 1. The van der Waals surface area contributed by atoms with Crippen molar-refractivity contribution in [3.05, 3.63) is 35.6 Å². The molecule has 3 rings (SSSR count). The van der Waals surface area contributed by atoms with Crippen molar-refractivity contribution < 1.29 is 19.1 Å². The Bertz CT molecular complexity index is 679. The third-order valence-corrected chi connectivity index (χ3v) is 5.42. The Morgan fingerprint density at radius 3 is 2.59 bits per heavy atom. The van der Waals surface area contributed by atoms with Gasteiger partial charge in [-0.05, 0) is 18.9 Å². The summed E-state index contributed by atoms with van der Waals surface area (Å²) in [5.41, 5.74) is 5.87. The van der Waals surface area contributed by atoms with Crippen molar-refractivity contribution in [2.24, 2.45) is 11.7 Å². The average Bonchev–Trinajstić information content (AvgIpc) is 2.99. The molecule has 1 aromatic rings. The Morgan fingerprint density at radius 1 is 1.22 bits per heavy atom. The summed E-state index contributed by atoms with van der Waals surface area (Å²) in [6.07, 6.45) is 0.952. The van der Waals surface area contributed by atoms with Gasteiger partial charge in [0.2, 0.25) is 5.91 Å². The van der Waals surface area contributed by atoms with Gasteiger partial charge in [0.15, 0.2) is 0 Å². The number of nitrogens with zero attached hydrogens (tertiary/aromatic N) is 2. The van der Waals surface area contributed by atoms with E-state index in [1.165, 1.54) is 6.07 Å². The molecule has 8 heteroatoms. The Morgan fingerprint density at radius 2 is 1.93 bits per heavy atom. The average molecular weight is 378 g/mol. The molecule has 0 bridgehead atoms. The largest absolute Gasteiger partial charge is 0.391 e. The van der Waals surface area contributed by atoms with E-state index >= 15 is 0 Å². The van der Waals surface area contributed by atoms with E-state index in [1.54, 1.807) is 17.0 Å². The number of carbonyl (C=O) groups excluding carboxylic acids is 2. The van der Waals surface area contributed by atoms with E-state index in [-0.39, 0.29) is 36.8 Å². The van der Waals surface area contributed by atoms with E-state index in [0.29, 0.717) is 18.7 Å². The lowest BCUT2D eigenvalue weighted by Crippen LogP contribution is -2.48. The maximum atomic E-state index is 13.8. The Labute approximate surface area is 158 Å². The first-order valence-electron chi connectivity index (χ1n) is 9.40. The van der Waals surface area contributed by atoms with Gasteiger partial charge in [0, 0.05) is 56.7 Å². The maximum absolute atomic E-state index is 13.8. The second kappa shape index (κ2) is 8.67. The van der Waals surface area contributed by atoms with Gasteiger partial charge in [-0.15, -0.1) is 0 Å². The molecule has 4 N–H and O–H groups in total. The molecular weight excluding hydrogens is 351 g/mol. The minimum Gasteiger partial charge on any atom is -0.391 e. The number of hydrogen-bond donors (Lipinski definition) is 3. The number of β-amino-alcohol motifs (C(OH)–C–C–N with tert-alkyl or cyclic N) is 1. The summed E-state index contributed by atoms with van der Waals surface area (Å²) in [4.78, 5) is 27.2. The van der Waals surface area contributed by atoms with E-state index in [4.69, 9.17) is 5.73 Å². The maximum Gasteiger partial charge on any atom is 0.317 e. The summed E-state index contributed by atoms with van der Waals surface area (Å²) in [5.74, 6) is -0.953. The minimum absolute atomic E-state index is 0.0571. The minimum atomic E-state index is -0.717. The van der Waals surface area contributed by atoms with Crippen LogP contribution in [0.3, 0.4) is 0 Å². The summed E-state index contributed by atoms with van der Waals surface area (Å²) < 4.78 is 13.8. The number of nitrogens with one attached hydrogen (secondary N) is 1. The number of piperidine rings is 1. The fourth-order valence-corrected chi connectivity index (χ4v) is 3.85. The number of nitrogens with two attached hydrogens (primary N) is 1. The fraction of sp³-hybridized carbons (Fsp3) is 0.579. The first kappa shape index (κ1) is 19.6. The molecule has 0 saturated carbocycles. The summed E-state index contributed by atoms with van der Waals surface area (Å²) in [7, 11) is 0. The Kier molecular flexibility index (Phi) is 6.28. The number of urea groups is 1. The second-order valence-corrected chi connectivity index (χ2v) is 7.49. The smallest absolute Gasteiger partial charge is 0.317 e. The monoisotopic (exact) mass is 378 g/mol. The highest BCUT2D eigenvalue weighted by atomic mass is 19.1. The quantitative estimate of drug-likeness (QED) is 0.701. The van der Waals surface area contributed by atoms with Crippen molar-refractivity contribution in [2.45, 2.75) is 38.0 Å². The molecule has 1 aromatic carbocycles. The number of carbonyl (C=O) groups is 2. The van der Waals surface area contributed by atoms with Crippen LogP contribution in [0.2, 0.25) is 0 Å². The van der Waals surface area contributed by atoms with Gasteiger partial charge in [0.1, 0.15) is 5.82 Å². The van der Waals surface area contributed by atoms with E-state index < -0.39 is 12.0 Å².